The van der Waals surface area contributed by atoms with Gasteiger partial charge in [-0.2, -0.15) is 0 Å². The van der Waals surface area contributed by atoms with Crippen molar-refractivity contribution in [1.82, 2.24) is 0 Å². The van der Waals surface area contributed by atoms with E-state index in [0.717, 1.165) is 60.4 Å². The van der Waals surface area contributed by atoms with Gasteiger partial charge in [0, 0.05) is 30.9 Å². The number of benzene rings is 3. The van der Waals surface area contributed by atoms with Crippen molar-refractivity contribution >= 4 is 11.7 Å². The number of hydrogen-bond acceptors (Lipinski definition) is 4. The Morgan fingerprint density at radius 3 is 2.20 bits per heavy atom. The lowest BCUT2D eigenvalue weighted by molar-refractivity contribution is -0.946. The molecule has 0 amide bonds. The van der Waals surface area contributed by atoms with Gasteiger partial charge in [-0.3, -0.25) is 0 Å². The van der Waals surface area contributed by atoms with Crippen molar-refractivity contribution in [2.45, 2.75) is 31.4 Å². The Balaban J connectivity index is 1.21. The third kappa shape index (κ3) is 5.85. The largest absolute Gasteiger partial charge is 0.493 e. The highest BCUT2D eigenvalue weighted by Crippen LogP contribution is 2.36. The van der Waals surface area contributed by atoms with Crippen LogP contribution in [0.1, 0.15) is 30.9 Å². The third-order valence-electron chi connectivity index (χ3n) is 7.55. The van der Waals surface area contributed by atoms with Gasteiger partial charge in [0.05, 0.1) is 26.2 Å². The molecule has 2 atom stereocenters. The van der Waals surface area contributed by atoms with Gasteiger partial charge >= 0.3 is 5.97 Å². The first kappa shape index (κ1) is 23.4. The summed E-state index contributed by atoms with van der Waals surface area (Å²) in [5, 5.41) is 3.40. The number of quaternary nitrogens is 1. The van der Waals surface area contributed by atoms with Gasteiger partial charge in [0.2, 0.25) is 0 Å². The smallest absolute Gasteiger partial charge is 0.333 e. The predicted molar refractivity (Wildman–Crippen MR) is 138 cm³/mol. The fourth-order valence-corrected chi connectivity index (χ4v) is 5.62. The van der Waals surface area contributed by atoms with E-state index in [4.69, 9.17) is 9.47 Å². The SMILES string of the molecule is O=C(O[C@H]1C[N+]2(CCCOc3ccccc3)CCC1CC2)[C@@H](Nc1ccccc1)c1ccccc1. The van der Waals surface area contributed by atoms with Gasteiger partial charge in [0.1, 0.15) is 12.3 Å². The number of carbonyl (C=O) groups excluding carboxylic acids is 1. The molecule has 3 aromatic rings. The van der Waals surface area contributed by atoms with Gasteiger partial charge in [-0.25, -0.2) is 4.79 Å². The Morgan fingerprint density at radius 1 is 0.886 bits per heavy atom. The van der Waals surface area contributed by atoms with Crippen LogP contribution < -0.4 is 10.1 Å². The van der Waals surface area contributed by atoms with E-state index in [1.807, 2.05) is 91.0 Å². The molecule has 3 aliphatic heterocycles. The molecule has 0 aliphatic carbocycles. The van der Waals surface area contributed by atoms with Gasteiger partial charge in [-0.1, -0.05) is 66.7 Å². The van der Waals surface area contributed by atoms with Crippen LogP contribution in [0.4, 0.5) is 5.69 Å². The number of piperidine rings is 3. The summed E-state index contributed by atoms with van der Waals surface area (Å²) in [6.07, 6.45) is 3.23. The molecule has 5 heteroatoms. The lowest BCUT2D eigenvalue weighted by atomic mass is 9.83. The molecule has 35 heavy (non-hydrogen) atoms. The van der Waals surface area contributed by atoms with E-state index >= 15 is 0 Å². The maximum atomic E-state index is 13.5. The van der Waals surface area contributed by atoms with Gasteiger partial charge in [-0.15, -0.1) is 0 Å². The van der Waals surface area contributed by atoms with Gasteiger partial charge < -0.3 is 19.3 Å². The Morgan fingerprint density at radius 2 is 1.51 bits per heavy atom. The summed E-state index contributed by atoms with van der Waals surface area (Å²) < 4.78 is 13.2. The number of rotatable bonds is 10. The summed E-state index contributed by atoms with van der Waals surface area (Å²) in [6, 6.07) is 29.2. The average Bonchev–Trinajstić information content (AvgIpc) is 2.92. The normalized spacial score (nSPS) is 23.9. The van der Waals surface area contributed by atoms with Crippen molar-refractivity contribution in [2.75, 3.05) is 38.1 Å². The molecule has 3 aromatic carbocycles. The monoisotopic (exact) mass is 471 g/mol. The van der Waals surface area contributed by atoms with Crippen LogP contribution in [0.3, 0.4) is 0 Å². The number of nitrogens with zero attached hydrogens (tertiary/aromatic N) is 1. The Bertz CT molecular complexity index is 1070. The summed E-state index contributed by atoms with van der Waals surface area (Å²) in [6.45, 7) is 5.05. The standard InChI is InChI=1S/C30H35N2O3/c33-30(29(25-11-4-1-5-12-25)31-26-13-6-2-7-14-26)35-28-23-32(20-17-24(28)18-21-32)19-10-22-34-27-15-8-3-9-16-27/h1-9,11-16,24,28-29,31H,10,17-23H2/q+1/t24?,28-,29-,32?/m0/s1. The minimum atomic E-state index is -0.526. The van der Waals surface area contributed by atoms with Crippen LogP contribution in [0.2, 0.25) is 0 Å². The Kier molecular flexibility index (Phi) is 7.34. The van der Waals surface area contributed by atoms with E-state index in [9.17, 15) is 4.79 Å². The molecule has 5 nitrogen and oxygen atoms in total. The van der Waals surface area contributed by atoms with Crippen molar-refractivity contribution < 1.29 is 18.8 Å². The fraction of sp³-hybridized carbons (Fsp3) is 0.367. The highest BCUT2D eigenvalue weighted by atomic mass is 16.5. The number of para-hydroxylation sites is 2. The Labute approximate surface area is 208 Å². The average molecular weight is 472 g/mol. The highest BCUT2D eigenvalue weighted by Gasteiger charge is 2.47. The second-order valence-corrected chi connectivity index (χ2v) is 9.88. The molecule has 0 spiro atoms. The number of anilines is 1. The van der Waals surface area contributed by atoms with Crippen LogP contribution in [0, 0.1) is 5.92 Å². The van der Waals surface area contributed by atoms with Crippen LogP contribution in [0.25, 0.3) is 0 Å². The molecule has 0 radical (unpaired) electrons. The second-order valence-electron chi connectivity index (χ2n) is 9.88. The lowest BCUT2D eigenvalue weighted by Crippen LogP contribution is -2.64. The molecule has 3 saturated heterocycles. The zero-order chi connectivity index (χ0) is 23.9. The molecule has 0 saturated carbocycles. The van der Waals surface area contributed by atoms with Crippen molar-refractivity contribution in [1.29, 1.82) is 0 Å². The van der Waals surface area contributed by atoms with Crippen LogP contribution in [0.5, 0.6) is 5.75 Å². The van der Waals surface area contributed by atoms with Gasteiger partial charge in [0.25, 0.3) is 0 Å². The fourth-order valence-electron chi connectivity index (χ4n) is 5.62. The number of fused-ring (bicyclic) bond motifs is 3. The number of carbonyl (C=O) groups is 1. The molecule has 182 valence electrons. The van der Waals surface area contributed by atoms with Crippen LogP contribution >= 0.6 is 0 Å². The topological polar surface area (TPSA) is 47.6 Å². The summed E-state index contributed by atoms with van der Waals surface area (Å²) >= 11 is 0. The van der Waals surface area contributed by atoms with Crippen molar-refractivity contribution in [2.24, 2.45) is 5.92 Å². The summed E-state index contributed by atoms with van der Waals surface area (Å²) in [7, 11) is 0. The van der Waals surface area contributed by atoms with E-state index in [1.165, 1.54) is 13.1 Å². The molecule has 2 bridgehead atoms. The van der Waals surface area contributed by atoms with Crippen LogP contribution in [-0.4, -0.2) is 49.3 Å². The lowest BCUT2D eigenvalue weighted by Gasteiger charge is -2.52. The molecular weight excluding hydrogens is 436 g/mol. The van der Waals surface area contributed by atoms with Gasteiger partial charge in [0.15, 0.2) is 12.1 Å². The van der Waals surface area contributed by atoms with Crippen molar-refractivity contribution in [3.8, 4) is 5.75 Å². The molecule has 6 rings (SSSR count). The highest BCUT2D eigenvalue weighted by molar-refractivity contribution is 5.81. The molecule has 3 heterocycles. The minimum Gasteiger partial charge on any atom is -0.493 e. The summed E-state index contributed by atoms with van der Waals surface area (Å²) in [4.78, 5) is 13.5. The molecule has 3 aliphatic rings. The molecule has 3 fully saturated rings. The van der Waals surface area contributed by atoms with Crippen molar-refractivity contribution in [3.05, 3.63) is 96.6 Å². The molecule has 0 aromatic heterocycles. The first-order valence-corrected chi connectivity index (χ1v) is 12.8. The molecule has 0 unspecified atom stereocenters. The van der Waals surface area contributed by atoms with Crippen molar-refractivity contribution in [3.63, 3.8) is 0 Å². The van der Waals surface area contributed by atoms with Crippen LogP contribution in [0.15, 0.2) is 91.0 Å². The van der Waals surface area contributed by atoms with E-state index in [1.54, 1.807) is 0 Å². The van der Waals surface area contributed by atoms with E-state index in [2.05, 4.69) is 5.32 Å². The Hall–Kier alpha value is -3.31. The summed E-state index contributed by atoms with van der Waals surface area (Å²) in [5.41, 5.74) is 1.83. The zero-order valence-electron chi connectivity index (χ0n) is 20.2. The number of ether oxygens (including phenoxy) is 2. The number of esters is 1. The van der Waals surface area contributed by atoms with E-state index in [0.29, 0.717) is 5.92 Å². The molecular formula is C30H35N2O3+. The van der Waals surface area contributed by atoms with E-state index < -0.39 is 6.04 Å². The third-order valence-corrected chi connectivity index (χ3v) is 7.55. The minimum absolute atomic E-state index is 0.0242. The second kappa shape index (κ2) is 11.0. The molecule has 1 N–H and O–H groups in total. The number of hydrogen-bond donors (Lipinski definition) is 1. The first-order chi connectivity index (χ1) is 17.2. The van der Waals surface area contributed by atoms with Gasteiger partial charge in [-0.05, 0) is 29.8 Å². The maximum Gasteiger partial charge on any atom is 0.333 e. The summed E-state index contributed by atoms with van der Waals surface area (Å²) in [5.74, 6) is 1.20. The first-order valence-electron chi connectivity index (χ1n) is 12.8. The van der Waals surface area contributed by atoms with E-state index in [-0.39, 0.29) is 12.1 Å². The maximum absolute atomic E-state index is 13.5. The quantitative estimate of drug-likeness (QED) is 0.242. The van der Waals surface area contributed by atoms with Crippen LogP contribution in [-0.2, 0) is 9.53 Å². The number of nitrogens with one attached hydrogen (secondary N) is 1. The zero-order valence-corrected chi connectivity index (χ0v) is 20.2. The predicted octanol–water partition coefficient (Wildman–Crippen LogP) is 5.46.